The van der Waals surface area contributed by atoms with Crippen molar-refractivity contribution in [1.29, 1.82) is 0 Å². The Balaban J connectivity index is 1.82. The maximum Gasteiger partial charge on any atom is 0.267 e. The summed E-state index contributed by atoms with van der Waals surface area (Å²) in [5.74, 6) is 0.282. The second-order valence-corrected chi connectivity index (χ2v) is 4.03. The lowest BCUT2D eigenvalue weighted by Crippen LogP contribution is -2.30. The molecule has 0 aliphatic heterocycles. The second-order valence-electron chi connectivity index (χ2n) is 4.03. The number of pyridine rings is 1. The number of hydrogen-bond donors (Lipinski definition) is 3. The van der Waals surface area contributed by atoms with Crippen molar-refractivity contribution in [3.8, 4) is 5.75 Å². The molecule has 0 bridgehead atoms. The SMILES string of the molecule is COc1c[nH]c(C(=O)NCCNc2ncccn2)cc1=O. The van der Waals surface area contributed by atoms with E-state index in [2.05, 4.69) is 25.6 Å². The van der Waals surface area contributed by atoms with Gasteiger partial charge in [0.15, 0.2) is 5.75 Å². The van der Waals surface area contributed by atoms with Crippen molar-refractivity contribution >= 4 is 11.9 Å². The van der Waals surface area contributed by atoms with Gasteiger partial charge in [0.25, 0.3) is 5.91 Å². The summed E-state index contributed by atoms with van der Waals surface area (Å²) in [7, 11) is 1.39. The van der Waals surface area contributed by atoms with Gasteiger partial charge in [0.05, 0.1) is 7.11 Å². The lowest BCUT2D eigenvalue weighted by Gasteiger charge is -2.07. The van der Waals surface area contributed by atoms with E-state index in [1.165, 1.54) is 19.4 Å². The summed E-state index contributed by atoms with van der Waals surface area (Å²) in [4.78, 5) is 34.0. The van der Waals surface area contributed by atoms with Gasteiger partial charge in [-0.25, -0.2) is 9.97 Å². The maximum atomic E-state index is 11.8. The summed E-state index contributed by atoms with van der Waals surface area (Å²) in [5.41, 5.74) is -0.172. The zero-order valence-electron chi connectivity index (χ0n) is 11.4. The number of nitrogens with one attached hydrogen (secondary N) is 3. The van der Waals surface area contributed by atoms with Crippen LogP contribution in [0.4, 0.5) is 5.95 Å². The van der Waals surface area contributed by atoms with E-state index in [4.69, 9.17) is 4.74 Å². The Morgan fingerprint density at radius 1 is 1.33 bits per heavy atom. The third-order valence-corrected chi connectivity index (χ3v) is 2.60. The van der Waals surface area contributed by atoms with Gasteiger partial charge in [-0.1, -0.05) is 0 Å². The van der Waals surface area contributed by atoms with E-state index in [-0.39, 0.29) is 22.8 Å². The first-order chi connectivity index (χ1) is 10.2. The summed E-state index contributed by atoms with van der Waals surface area (Å²) in [5, 5.41) is 5.62. The standard InChI is InChI=1S/C13H15N5O3/c1-21-11-8-18-9(7-10(11)19)12(20)14-5-6-17-13-15-3-2-4-16-13/h2-4,7-8H,5-6H2,1H3,(H,14,20)(H,18,19)(H,15,16,17). The molecule has 8 heteroatoms. The quantitative estimate of drug-likeness (QED) is 0.647. The molecule has 21 heavy (non-hydrogen) atoms. The molecule has 0 aliphatic rings. The molecule has 0 saturated carbocycles. The predicted octanol–water partition coefficient (Wildman–Crippen LogP) is 0.0154. The fourth-order valence-electron chi connectivity index (χ4n) is 1.58. The zero-order valence-corrected chi connectivity index (χ0v) is 11.4. The molecule has 2 aromatic heterocycles. The molecular weight excluding hydrogens is 274 g/mol. The highest BCUT2D eigenvalue weighted by Gasteiger charge is 2.08. The van der Waals surface area contributed by atoms with Crippen LogP contribution in [-0.4, -0.2) is 41.1 Å². The van der Waals surface area contributed by atoms with Gasteiger partial charge in [0.2, 0.25) is 11.4 Å². The van der Waals surface area contributed by atoms with Crippen molar-refractivity contribution < 1.29 is 9.53 Å². The molecule has 0 aromatic carbocycles. The van der Waals surface area contributed by atoms with Crippen molar-refractivity contribution in [1.82, 2.24) is 20.3 Å². The lowest BCUT2D eigenvalue weighted by molar-refractivity contribution is 0.0950. The van der Waals surface area contributed by atoms with Gasteiger partial charge in [0.1, 0.15) is 5.69 Å². The molecule has 3 N–H and O–H groups in total. The highest BCUT2D eigenvalue weighted by Crippen LogP contribution is 2.00. The molecule has 0 radical (unpaired) electrons. The first kappa shape index (κ1) is 14.5. The van der Waals surface area contributed by atoms with Crippen molar-refractivity contribution in [3.63, 3.8) is 0 Å². The molecule has 8 nitrogen and oxygen atoms in total. The van der Waals surface area contributed by atoms with E-state index in [0.29, 0.717) is 19.0 Å². The number of aromatic amines is 1. The summed E-state index contributed by atoms with van der Waals surface area (Å²) in [6, 6.07) is 2.91. The minimum atomic E-state index is -0.370. The molecule has 0 unspecified atom stereocenters. The Morgan fingerprint density at radius 3 is 2.76 bits per heavy atom. The molecule has 0 fully saturated rings. The minimum absolute atomic E-state index is 0.162. The summed E-state index contributed by atoms with van der Waals surface area (Å²) in [6.45, 7) is 0.835. The summed E-state index contributed by atoms with van der Waals surface area (Å²) in [6.07, 6.45) is 4.60. The average Bonchev–Trinajstić information content (AvgIpc) is 2.52. The zero-order chi connectivity index (χ0) is 15.1. The number of amides is 1. The van der Waals surface area contributed by atoms with Crippen LogP contribution in [0.3, 0.4) is 0 Å². The van der Waals surface area contributed by atoms with Crippen LogP contribution in [0, 0.1) is 0 Å². The van der Waals surface area contributed by atoms with E-state index < -0.39 is 0 Å². The number of rotatable bonds is 6. The molecule has 2 rings (SSSR count). The third-order valence-electron chi connectivity index (χ3n) is 2.60. The van der Waals surface area contributed by atoms with Gasteiger partial charge in [-0.15, -0.1) is 0 Å². The molecule has 0 atom stereocenters. The Bertz CT molecular complexity index is 656. The number of anilines is 1. The Hall–Kier alpha value is -2.90. The van der Waals surface area contributed by atoms with Crippen molar-refractivity contribution in [2.75, 3.05) is 25.5 Å². The highest BCUT2D eigenvalue weighted by atomic mass is 16.5. The smallest absolute Gasteiger partial charge is 0.267 e. The Labute approximate surface area is 120 Å². The fraction of sp³-hybridized carbons (Fsp3) is 0.231. The summed E-state index contributed by atoms with van der Waals surface area (Å²) >= 11 is 0. The van der Waals surface area contributed by atoms with Gasteiger partial charge < -0.3 is 20.4 Å². The number of carbonyl (C=O) groups excluding carboxylic acids is 1. The lowest BCUT2D eigenvalue weighted by atomic mass is 10.3. The van der Waals surface area contributed by atoms with E-state index in [1.54, 1.807) is 18.5 Å². The van der Waals surface area contributed by atoms with Crippen LogP contribution >= 0.6 is 0 Å². The van der Waals surface area contributed by atoms with Crippen LogP contribution < -0.4 is 20.8 Å². The topological polar surface area (TPSA) is 109 Å². The number of carbonyl (C=O) groups is 1. The van der Waals surface area contributed by atoms with Crippen LogP contribution in [-0.2, 0) is 0 Å². The highest BCUT2D eigenvalue weighted by molar-refractivity contribution is 5.92. The Kier molecular flexibility index (Phi) is 4.86. The normalized spacial score (nSPS) is 9.95. The van der Waals surface area contributed by atoms with Crippen LogP contribution in [0.5, 0.6) is 5.75 Å². The number of hydrogen-bond acceptors (Lipinski definition) is 6. The van der Waals surface area contributed by atoms with Crippen LogP contribution in [0.15, 0.2) is 35.5 Å². The number of H-pyrrole nitrogens is 1. The van der Waals surface area contributed by atoms with Gasteiger partial charge in [-0.05, 0) is 6.07 Å². The monoisotopic (exact) mass is 289 g/mol. The van der Waals surface area contributed by atoms with Gasteiger partial charge in [-0.2, -0.15) is 0 Å². The molecule has 1 amide bonds. The molecule has 2 aromatic rings. The molecule has 0 spiro atoms. The van der Waals surface area contributed by atoms with E-state index in [9.17, 15) is 9.59 Å². The van der Waals surface area contributed by atoms with Crippen molar-refractivity contribution in [2.24, 2.45) is 0 Å². The second kappa shape index (κ2) is 7.04. The third kappa shape index (κ3) is 4.03. The molecule has 0 saturated heterocycles. The number of methoxy groups -OCH3 is 1. The van der Waals surface area contributed by atoms with E-state index in [0.717, 1.165) is 0 Å². The van der Waals surface area contributed by atoms with Crippen LogP contribution in [0.2, 0.25) is 0 Å². The van der Waals surface area contributed by atoms with E-state index >= 15 is 0 Å². The predicted molar refractivity (Wildman–Crippen MR) is 76.5 cm³/mol. The van der Waals surface area contributed by atoms with Crippen molar-refractivity contribution in [2.45, 2.75) is 0 Å². The first-order valence-corrected chi connectivity index (χ1v) is 6.26. The van der Waals surface area contributed by atoms with Crippen LogP contribution in [0.25, 0.3) is 0 Å². The maximum absolute atomic E-state index is 11.8. The molecule has 0 aliphatic carbocycles. The van der Waals surface area contributed by atoms with E-state index in [1.807, 2.05) is 0 Å². The Morgan fingerprint density at radius 2 is 2.10 bits per heavy atom. The first-order valence-electron chi connectivity index (χ1n) is 6.26. The fourth-order valence-corrected chi connectivity index (χ4v) is 1.58. The van der Waals surface area contributed by atoms with Gasteiger partial charge in [0, 0.05) is 37.7 Å². The number of nitrogens with zero attached hydrogens (tertiary/aromatic N) is 2. The number of aromatic nitrogens is 3. The largest absolute Gasteiger partial charge is 0.491 e. The minimum Gasteiger partial charge on any atom is -0.491 e. The molecule has 2 heterocycles. The van der Waals surface area contributed by atoms with Crippen LogP contribution in [0.1, 0.15) is 10.5 Å². The average molecular weight is 289 g/mol. The summed E-state index contributed by atoms with van der Waals surface area (Å²) < 4.78 is 4.83. The molecular formula is C13H15N5O3. The van der Waals surface area contributed by atoms with Crippen molar-refractivity contribution in [3.05, 3.63) is 46.6 Å². The molecule has 110 valence electrons. The number of ether oxygens (including phenoxy) is 1. The van der Waals surface area contributed by atoms with Gasteiger partial charge in [-0.3, -0.25) is 9.59 Å². The van der Waals surface area contributed by atoms with Gasteiger partial charge >= 0.3 is 0 Å².